The van der Waals surface area contributed by atoms with Gasteiger partial charge in [0.2, 0.25) is 5.91 Å². The Morgan fingerprint density at radius 1 is 0.952 bits per heavy atom. The largest absolute Gasteiger partial charge is 0.444 e. The molecule has 0 aliphatic rings. The fraction of sp³-hybridized carbons (Fsp3) is 0.857. The van der Waals surface area contributed by atoms with Crippen LogP contribution in [0, 0.1) is 0 Å². The first-order valence-electron chi connectivity index (χ1n) is 7.24. The molecule has 0 aliphatic carbocycles. The second-order valence-corrected chi connectivity index (χ2v) is 5.36. The molecule has 124 valence electrons. The third-order valence-electron chi connectivity index (χ3n) is 2.13. The van der Waals surface area contributed by atoms with Crippen LogP contribution in [0.1, 0.15) is 34.1 Å². The highest BCUT2D eigenvalue weighted by Gasteiger charge is 2.15. The van der Waals surface area contributed by atoms with E-state index in [0.29, 0.717) is 45.9 Å². The monoisotopic (exact) mass is 304 g/mol. The molecule has 2 N–H and O–H groups in total. The molecular weight excluding hydrogens is 276 g/mol. The molecule has 0 saturated carbocycles. The fourth-order valence-electron chi connectivity index (χ4n) is 1.31. The van der Waals surface area contributed by atoms with Crippen molar-refractivity contribution in [1.82, 2.24) is 10.6 Å². The van der Waals surface area contributed by atoms with E-state index in [-0.39, 0.29) is 5.91 Å². The molecule has 0 saturated heterocycles. The van der Waals surface area contributed by atoms with E-state index in [2.05, 4.69) is 10.6 Å². The lowest BCUT2D eigenvalue weighted by Gasteiger charge is -2.19. The van der Waals surface area contributed by atoms with Crippen LogP contribution in [-0.4, -0.2) is 57.1 Å². The minimum Gasteiger partial charge on any atom is -0.444 e. The summed E-state index contributed by atoms with van der Waals surface area (Å²) in [7, 11) is 0. The second kappa shape index (κ2) is 11.3. The summed E-state index contributed by atoms with van der Waals surface area (Å²) in [6.45, 7) is 9.92. The molecular formula is C14H28N2O5. The Morgan fingerprint density at radius 3 is 2.14 bits per heavy atom. The molecule has 7 heteroatoms. The van der Waals surface area contributed by atoms with Crippen molar-refractivity contribution in [2.45, 2.75) is 39.7 Å². The quantitative estimate of drug-likeness (QED) is 0.590. The predicted molar refractivity (Wildman–Crippen MR) is 79.2 cm³/mol. The van der Waals surface area contributed by atoms with Gasteiger partial charge in [-0.1, -0.05) is 0 Å². The summed E-state index contributed by atoms with van der Waals surface area (Å²) in [6, 6.07) is 0. The number of hydrogen-bond donors (Lipinski definition) is 2. The Hall–Kier alpha value is -1.34. The Morgan fingerprint density at radius 2 is 1.57 bits per heavy atom. The van der Waals surface area contributed by atoms with Crippen LogP contribution in [0.25, 0.3) is 0 Å². The topological polar surface area (TPSA) is 85.9 Å². The van der Waals surface area contributed by atoms with Gasteiger partial charge in [0.05, 0.1) is 26.4 Å². The van der Waals surface area contributed by atoms with Crippen LogP contribution < -0.4 is 10.6 Å². The van der Waals surface area contributed by atoms with Crippen LogP contribution in [0.3, 0.4) is 0 Å². The summed E-state index contributed by atoms with van der Waals surface area (Å²) in [5.74, 6) is -0.0139. The molecule has 0 heterocycles. The second-order valence-electron chi connectivity index (χ2n) is 5.36. The van der Waals surface area contributed by atoms with Crippen molar-refractivity contribution in [3.63, 3.8) is 0 Å². The third-order valence-corrected chi connectivity index (χ3v) is 2.13. The maximum Gasteiger partial charge on any atom is 0.407 e. The zero-order chi connectivity index (χ0) is 16.1. The van der Waals surface area contributed by atoms with Gasteiger partial charge in [-0.05, 0) is 27.7 Å². The number of amides is 2. The molecule has 0 atom stereocenters. The molecule has 21 heavy (non-hydrogen) atoms. The summed E-state index contributed by atoms with van der Waals surface area (Å²) < 4.78 is 15.6. The first kappa shape index (κ1) is 19.7. The molecule has 0 aromatic carbocycles. The molecule has 0 spiro atoms. The van der Waals surface area contributed by atoms with Crippen molar-refractivity contribution in [1.29, 1.82) is 0 Å². The van der Waals surface area contributed by atoms with Crippen molar-refractivity contribution in [3.8, 4) is 0 Å². The van der Waals surface area contributed by atoms with Gasteiger partial charge in [0.1, 0.15) is 5.60 Å². The molecule has 0 aromatic rings. The molecule has 0 radical (unpaired) electrons. The van der Waals surface area contributed by atoms with Gasteiger partial charge in [0, 0.05) is 19.5 Å². The van der Waals surface area contributed by atoms with Crippen LogP contribution in [-0.2, 0) is 19.0 Å². The summed E-state index contributed by atoms with van der Waals surface area (Å²) in [4.78, 5) is 22.4. The van der Waals surface area contributed by atoms with Crippen LogP contribution in [0.2, 0.25) is 0 Å². The highest BCUT2D eigenvalue weighted by molar-refractivity contribution is 5.75. The highest BCUT2D eigenvalue weighted by atomic mass is 16.6. The average molecular weight is 304 g/mol. The Bertz CT molecular complexity index is 302. The number of hydrogen-bond acceptors (Lipinski definition) is 5. The number of carbonyl (C=O) groups excluding carboxylic acids is 2. The third kappa shape index (κ3) is 14.9. The average Bonchev–Trinajstić information content (AvgIpc) is 2.35. The first-order valence-corrected chi connectivity index (χ1v) is 7.24. The minimum atomic E-state index is -0.497. The van der Waals surface area contributed by atoms with E-state index in [4.69, 9.17) is 14.2 Å². The molecule has 2 amide bonds. The van der Waals surface area contributed by atoms with E-state index in [1.54, 1.807) is 20.8 Å². The van der Waals surface area contributed by atoms with Crippen LogP contribution in [0.15, 0.2) is 0 Å². The van der Waals surface area contributed by atoms with E-state index in [9.17, 15) is 9.59 Å². The Kier molecular flexibility index (Phi) is 10.6. The lowest BCUT2D eigenvalue weighted by atomic mass is 10.2. The minimum absolute atomic E-state index is 0.0139. The summed E-state index contributed by atoms with van der Waals surface area (Å²) >= 11 is 0. The number of rotatable bonds is 10. The molecule has 0 rings (SSSR count). The lowest BCUT2D eigenvalue weighted by molar-refractivity contribution is -0.122. The van der Waals surface area contributed by atoms with Crippen LogP contribution in [0.5, 0.6) is 0 Å². The van der Waals surface area contributed by atoms with E-state index in [1.807, 2.05) is 6.92 Å². The standard InChI is InChI=1S/C14H28N2O5/c1-5-15-12(17)6-8-19-10-11-20-9-7-16-13(18)21-14(2,3)4/h5-11H2,1-4H3,(H,15,17)(H,16,18). The predicted octanol–water partition coefficient (Wildman–Crippen LogP) is 1.07. The van der Waals surface area contributed by atoms with Crippen molar-refractivity contribution >= 4 is 12.0 Å². The van der Waals surface area contributed by atoms with E-state index in [1.165, 1.54) is 0 Å². The van der Waals surface area contributed by atoms with Crippen molar-refractivity contribution in [2.24, 2.45) is 0 Å². The summed E-state index contributed by atoms with van der Waals surface area (Å²) in [5.41, 5.74) is -0.497. The Labute approximate surface area is 126 Å². The number of carbonyl (C=O) groups is 2. The van der Waals surface area contributed by atoms with Gasteiger partial charge in [-0.3, -0.25) is 4.79 Å². The van der Waals surface area contributed by atoms with Gasteiger partial charge in [-0.25, -0.2) is 4.79 Å². The van der Waals surface area contributed by atoms with Crippen molar-refractivity contribution < 1.29 is 23.8 Å². The smallest absolute Gasteiger partial charge is 0.407 e. The number of alkyl carbamates (subject to hydrolysis) is 1. The number of nitrogens with one attached hydrogen (secondary N) is 2. The van der Waals surface area contributed by atoms with Gasteiger partial charge in [-0.2, -0.15) is 0 Å². The number of ether oxygens (including phenoxy) is 3. The van der Waals surface area contributed by atoms with Gasteiger partial charge in [0.25, 0.3) is 0 Å². The zero-order valence-corrected chi connectivity index (χ0v) is 13.5. The van der Waals surface area contributed by atoms with Gasteiger partial charge in [-0.15, -0.1) is 0 Å². The van der Waals surface area contributed by atoms with E-state index >= 15 is 0 Å². The molecule has 0 fully saturated rings. The molecule has 7 nitrogen and oxygen atoms in total. The van der Waals surface area contributed by atoms with E-state index in [0.717, 1.165) is 0 Å². The lowest BCUT2D eigenvalue weighted by Crippen LogP contribution is -2.34. The highest BCUT2D eigenvalue weighted by Crippen LogP contribution is 2.05. The molecule has 0 unspecified atom stereocenters. The molecule has 0 bridgehead atoms. The summed E-state index contributed by atoms with van der Waals surface area (Å²) in [6.07, 6.45) is -0.0992. The molecule has 0 aromatic heterocycles. The maximum atomic E-state index is 11.3. The van der Waals surface area contributed by atoms with Crippen molar-refractivity contribution in [3.05, 3.63) is 0 Å². The SMILES string of the molecule is CCNC(=O)CCOCCOCCNC(=O)OC(C)(C)C. The summed E-state index contributed by atoms with van der Waals surface area (Å²) in [5, 5.41) is 5.28. The van der Waals surface area contributed by atoms with Gasteiger partial charge < -0.3 is 24.8 Å². The normalized spacial score (nSPS) is 11.0. The van der Waals surface area contributed by atoms with Crippen molar-refractivity contribution in [2.75, 3.05) is 39.5 Å². The molecule has 0 aliphatic heterocycles. The van der Waals surface area contributed by atoms with Gasteiger partial charge >= 0.3 is 6.09 Å². The zero-order valence-electron chi connectivity index (χ0n) is 13.5. The van der Waals surface area contributed by atoms with Gasteiger partial charge in [0.15, 0.2) is 0 Å². The fourth-order valence-corrected chi connectivity index (χ4v) is 1.31. The Balaban J connectivity index is 3.30. The van der Waals surface area contributed by atoms with Crippen LogP contribution >= 0.6 is 0 Å². The van der Waals surface area contributed by atoms with Crippen LogP contribution in [0.4, 0.5) is 4.79 Å². The first-order chi connectivity index (χ1) is 9.85. The maximum absolute atomic E-state index is 11.3. The van der Waals surface area contributed by atoms with E-state index < -0.39 is 11.7 Å².